The molecule has 0 saturated heterocycles. The van der Waals surface area contributed by atoms with Gasteiger partial charge in [-0.1, -0.05) is 41.6 Å². The highest BCUT2D eigenvalue weighted by Gasteiger charge is 2.21. The largest absolute Gasteiger partial charge is 0.482 e. The summed E-state index contributed by atoms with van der Waals surface area (Å²) in [6, 6.07) is 20.2. The van der Waals surface area contributed by atoms with Crippen LogP contribution in [0.15, 0.2) is 71.9 Å². The number of aliphatic carboxylic acids is 1. The van der Waals surface area contributed by atoms with Crippen molar-refractivity contribution >= 4 is 52.0 Å². The first-order valence-corrected chi connectivity index (χ1v) is 11.7. The molecule has 2 N–H and O–H groups in total. The van der Waals surface area contributed by atoms with Gasteiger partial charge in [0.05, 0.1) is 27.0 Å². The lowest BCUT2D eigenvalue weighted by Gasteiger charge is -2.15. The highest BCUT2D eigenvalue weighted by atomic mass is 35.5. The number of amides is 1. The fraction of sp³-hybridized carbons (Fsp3) is 0.160. The first-order chi connectivity index (χ1) is 16.3. The molecule has 0 aliphatic carbocycles. The van der Waals surface area contributed by atoms with Crippen molar-refractivity contribution in [2.75, 3.05) is 11.9 Å². The quantitative estimate of drug-likeness (QED) is 0.310. The topological polar surface area (TPSA) is 93.5 Å². The molecule has 1 atom stereocenters. The SMILES string of the molecule is Cc1ccc(NC(=O)C(C)Sc2nc3ccccc3n2-c2ccc(OCC(=O)O)cc2)c(Cl)c1. The van der Waals surface area contributed by atoms with Gasteiger partial charge in [0.25, 0.3) is 0 Å². The van der Waals surface area contributed by atoms with Crippen LogP contribution in [-0.4, -0.2) is 38.4 Å². The van der Waals surface area contributed by atoms with Crippen molar-refractivity contribution in [1.82, 2.24) is 9.55 Å². The van der Waals surface area contributed by atoms with E-state index in [1.54, 1.807) is 24.3 Å². The minimum absolute atomic E-state index is 0.188. The number of thioether (sulfide) groups is 1. The van der Waals surface area contributed by atoms with Gasteiger partial charge >= 0.3 is 5.97 Å². The van der Waals surface area contributed by atoms with E-state index in [1.807, 2.05) is 60.9 Å². The van der Waals surface area contributed by atoms with Crippen LogP contribution in [0.4, 0.5) is 5.69 Å². The van der Waals surface area contributed by atoms with Crippen molar-refractivity contribution < 1.29 is 19.4 Å². The molecule has 0 aliphatic rings. The van der Waals surface area contributed by atoms with E-state index in [0.717, 1.165) is 22.3 Å². The molecule has 0 spiro atoms. The van der Waals surface area contributed by atoms with Gasteiger partial charge in [-0.2, -0.15) is 0 Å². The second kappa shape index (κ2) is 10.2. The number of carbonyl (C=O) groups is 2. The Morgan fingerprint density at radius 2 is 1.88 bits per heavy atom. The molecule has 0 fully saturated rings. The van der Waals surface area contributed by atoms with E-state index in [-0.39, 0.29) is 5.91 Å². The summed E-state index contributed by atoms with van der Waals surface area (Å²) in [5.74, 6) is -0.776. The number of hydrogen-bond donors (Lipinski definition) is 2. The predicted octanol–water partition coefficient (Wildman–Crippen LogP) is 5.57. The number of aromatic nitrogens is 2. The maximum absolute atomic E-state index is 12.9. The molecule has 174 valence electrons. The number of rotatable bonds is 8. The number of carbonyl (C=O) groups excluding carboxylic acids is 1. The van der Waals surface area contributed by atoms with Crippen LogP contribution >= 0.6 is 23.4 Å². The summed E-state index contributed by atoms with van der Waals surface area (Å²) < 4.78 is 7.20. The summed E-state index contributed by atoms with van der Waals surface area (Å²) >= 11 is 7.60. The lowest BCUT2D eigenvalue weighted by Crippen LogP contribution is -2.23. The summed E-state index contributed by atoms with van der Waals surface area (Å²) in [6.45, 7) is 3.34. The van der Waals surface area contributed by atoms with Crippen LogP contribution in [0.2, 0.25) is 5.02 Å². The summed E-state index contributed by atoms with van der Waals surface area (Å²) in [5.41, 5.74) is 4.07. The van der Waals surface area contributed by atoms with Crippen molar-refractivity contribution in [3.63, 3.8) is 0 Å². The molecule has 0 saturated carbocycles. The van der Waals surface area contributed by atoms with Crippen LogP contribution < -0.4 is 10.1 Å². The Kier molecular flexibility index (Phi) is 7.09. The van der Waals surface area contributed by atoms with Gasteiger partial charge in [-0.3, -0.25) is 9.36 Å². The zero-order chi connectivity index (χ0) is 24.2. The molecule has 0 bridgehead atoms. The number of para-hydroxylation sites is 2. The van der Waals surface area contributed by atoms with Crippen molar-refractivity contribution in [1.29, 1.82) is 0 Å². The molecule has 0 aliphatic heterocycles. The van der Waals surface area contributed by atoms with Gasteiger partial charge in [0.1, 0.15) is 5.75 Å². The monoisotopic (exact) mass is 495 g/mol. The van der Waals surface area contributed by atoms with Crippen molar-refractivity contribution in [2.24, 2.45) is 0 Å². The molecule has 4 rings (SSSR count). The molecule has 4 aromatic rings. The number of halogens is 1. The number of imidazole rings is 1. The number of carboxylic acid groups (broad SMARTS) is 1. The Morgan fingerprint density at radius 1 is 1.15 bits per heavy atom. The molecule has 1 heterocycles. The van der Waals surface area contributed by atoms with Crippen LogP contribution in [-0.2, 0) is 9.59 Å². The molecule has 0 radical (unpaired) electrons. The molecule has 1 unspecified atom stereocenters. The van der Waals surface area contributed by atoms with Crippen LogP contribution in [0.1, 0.15) is 12.5 Å². The van der Waals surface area contributed by atoms with Gasteiger partial charge in [-0.05, 0) is 67.9 Å². The van der Waals surface area contributed by atoms with Gasteiger partial charge in [0.2, 0.25) is 5.91 Å². The van der Waals surface area contributed by atoms with Gasteiger partial charge in [0, 0.05) is 5.69 Å². The number of aryl methyl sites for hydroxylation is 1. The normalized spacial score (nSPS) is 11.9. The second-order valence-electron chi connectivity index (χ2n) is 7.63. The van der Waals surface area contributed by atoms with E-state index < -0.39 is 17.8 Å². The number of carboxylic acids is 1. The average Bonchev–Trinajstić information content (AvgIpc) is 3.17. The van der Waals surface area contributed by atoms with Crippen molar-refractivity contribution in [2.45, 2.75) is 24.3 Å². The maximum Gasteiger partial charge on any atom is 0.341 e. The van der Waals surface area contributed by atoms with E-state index >= 15 is 0 Å². The third-order valence-corrected chi connectivity index (χ3v) is 6.39. The van der Waals surface area contributed by atoms with Crippen LogP contribution in [0.3, 0.4) is 0 Å². The lowest BCUT2D eigenvalue weighted by molar-refractivity contribution is -0.139. The number of benzene rings is 3. The maximum atomic E-state index is 12.9. The van der Waals surface area contributed by atoms with Gasteiger partial charge in [-0.25, -0.2) is 9.78 Å². The number of nitrogens with one attached hydrogen (secondary N) is 1. The first-order valence-electron chi connectivity index (χ1n) is 10.5. The van der Waals surface area contributed by atoms with E-state index in [0.29, 0.717) is 21.6 Å². The Labute approximate surface area is 205 Å². The van der Waals surface area contributed by atoms with E-state index in [2.05, 4.69) is 5.32 Å². The lowest BCUT2D eigenvalue weighted by atomic mass is 10.2. The molecule has 9 heteroatoms. The van der Waals surface area contributed by atoms with Gasteiger partial charge < -0.3 is 15.2 Å². The number of hydrogen-bond acceptors (Lipinski definition) is 5. The standard InChI is InChI=1S/C25H22ClN3O4S/c1-15-7-12-20(19(26)13-15)27-24(32)16(2)34-25-28-21-5-3-4-6-22(21)29(25)17-8-10-18(11-9-17)33-14-23(30)31/h3-13,16H,14H2,1-2H3,(H,27,32)(H,30,31). The van der Waals surface area contributed by atoms with E-state index in [9.17, 15) is 9.59 Å². The highest BCUT2D eigenvalue weighted by Crippen LogP contribution is 2.32. The minimum atomic E-state index is -1.04. The smallest absolute Gasteiger partial charge is 0.341 e. The molecule has 3 aromatic carbocycles. The molecule has 1 aromatic heterocycles. The Morgan fingerprint density at radius 3 is 2.59 bits per heavy atom. The van der Waals surface area contributed by atoms with Crippen molar-refractivity contribution in [3.8, 4) is 11.4 Å². The predicted molar refractivity (Wildman–Crippen MR) is 134 cm³/mol. The van der Waals surface area contributed by atoms with E-state index in [1.165, 1.54) is 11.8 Å². The third-order valence-electron chi connectivity index (χ3n) is 5.02. The van der Waals surface area contributed by atoms with Crippen LogP contribution in [0, 0.1) is 6.92 Å². The Hall–Kier alpha value is -3.49. The molecule has 34 heavy (non-hydrogen) atoms. The Balaban J connectivity index is 1.59. The summed E-state index contributed by atoms with van der Waals surface area (Å²) in [6.07, 6.45) is 0. The summed E-state index contributed by atoms with van der Waals surface area (Å²) in [5, 5.41) is 12.4. The molecule has 7 nitrogen and oxygen atoms in total. The Bertz CT molecular complexity index is 1350. The summed E-state index contributed by atoms with van der Waals surface area (Å²) in [4.78, 5) is 28.4. The third kappa shape index (κ3) is 5.35. The van der Waals surface area contributed by atoms with E-state index in [4.69, 9.17) is 26.4 Å². The number of nitrogens with zero attached hydrogens (tertiary/aromatic N) is 2. The number of anilines is 1. The molecule has 1 amide bonds. The second-order valence-corrected chi connectivity index (χ2v) is 9.34. The molecular formula is C25H22ClN3O4S. The summed E-state index contributed by atoms with van der Waals surface area (Å²) in [7, 11) is 0. The fourth-order valence-electron chi connectivity index (χ4n) is 3.34. The number of fused-ring (bicyclic) bond motifs is 1. The van der Waals surface area contributed by atoms with Gasteiger partial charge in [0.15, 0.2) is 11.8 Å². The average molecular weight is 496 g/mol. The zero-order valence-electron chi connectivity index (χ0n) is 18.5. The highest BCUT2D eigenvalue weighted by molar-refractivity contribution is 8.00. The van der Waals surface area contributed by atoms with Crippen LogP contribution in [0.5, 0.6) is 5.75 Å². The van der Waals surface area contributed by atoms with Gasteiger partial charge in [-0.15, -0.1) is 0 Å². The van der Waals surface area contributed by atoms with Crippen molar-refractivity contribution in [3.05, 3.63) is 77.3 Å². The fourth-order valence-corrected chi connectivity index (χ4v) is 4.56. The van der Waals surface area contributed by atoms with Crippen LogP contribution in [0.25, 0.3) is 16.7 Å². The minimum Gasteiger partial charge on any atom is -0.482 e. The zero-order valence-corrected chi connectivity index (χ0v) is 20.1. The number of ether oxygens (including phenoxy) is 1. The molecular weight excluding hydrogens is 474 g/mol. The first kappa shape index (κ1) is 23.7.